The number of halogens is 4. The molecule has 1 aliphatic rings. The summed E-state index contributed by atoms with van der Waals surface area (Å²) in [5.74, 6) is -1.00. The van der Waals surface area contributed by atoms with E-state index in [1.165, 1.54) is 24.3 Å². The summed E-state index contributed by atoms with van der Waals surface area (Å²) in [6, 6.07) is 9.75. The standard InChI is InChI=1S/C16H7BrClFINO2/c17-10-6-8(4-5-13(10)20)15-21-14(16(22)23-15)7-9-11(18)2-1-3-12(9)19/h1-7H/b14-7-. The van der Waals surface area contributed by atoms with Crippen LogP contribution in [-0.4, -0.2) is 11.9 Å². The van der Waals surface area contributed by atoms with Crippen LogP contribution in [0.3, 0.4) is 0 Å². The number of hydrogen-bond acceptors (Lipinski definition) is 3. The number of rotatable bonds is 2. The molecule has 116 valence electrons. The Morgan fingerprint density at radius 2 is 2.09 bits per heavy atom. The van der Waals surface area contributed by atoms with Gasteiger partial charge in [0.15, 0.2) is 5.70 Å². The predicted molar refractivity (Wildman–Crippen MR) is 98.9 cm³/mol. The molecular formula is C16H7BrClFINO2. The second kappa shape index (κ2) is 6.70. The van der Waals surface area contributed by atoms with Gasteiger partial charge in [-0.2, -0.15) is 0 Å². The van der Waals surface area contributed by atoms with Crippen LogP contribution in [0, 0.1) is 9.39 Å². The van der Waals surface area contributed by atoms with Crippen LogP contribution < -0.4 is 0 Å². The monoisotopic (exact) mass is 505 g/mol. The average Bonchev–Trinajstić information content (AvgIpc) is 2.87. The fraction of sp³-hybridized carbons (Fsp3) is 0. The Morgan fingerprint density at radius 1 is 1.30 bits per heavy atom. The van der Waals surface area contributed by atoms with E-state index < -0.39 is 11.8 Å². The lowest BCUT2D eigenvalue weighted by Gasteiger charge is -2.01. The Bertz CT molecular complexity index is 862. The molecule has 2 aromatic rings. The number of benzene rings is 2. The molecule has 0 bridgehead atoms. The summed E-state index contributed by atoms with van der Waals surface area (Å²) in [4.78, 5) is 16.1. The van der Waals surface area contributed by atoms with Crippen LogP contribution in [-0.2, 0) is 9.53 Å². The molecule has 0 spiro atoms. The number of carbonyl (C=O) groups is 1. The maximum Gasteiger partial charge on any atom is 0.363 e. The molecule has 0 N–H and O–H groups in total. The highest BCUT2D eigenvalue weighted by Crippen LogP contribution is 2.27. The lowest BCUT2D eigenvalue weighted by Crippen LogP contribution is -2.05. The molecule has 3 nitrogen and oxygen atoms in total. The molecule has 0 amide bonds. The maximum atomic E-state index is 13.8. The van der Waals surface area contributed by atoms with Gasteiger partial charge in [0.05, 0.1) is 5.02 Å². The molecular weight excluding hydrogens is 499 g/mol. The van der Waals surface area contributed by atoms with Gasteiger partial charge >= 0.3 is 5.97 Å². The summed E-state index contributed by atoms with van der Waals surface area (Å²) in [5, 5.41) is 0.200. The van der Waals surface area contributed by atoms with E-state index in [9.17, 15) is 9.18 Å². The summed E-state index contributed by atoms with van der Waals surface area (Å²) in [6.07, 6.45) is 1.29. The third kappa shape index (κ3) is 3.49. The first kappa shape index (κ1) is 16.6. The molecule has 2 aromatic carbocycles. The molecule has 23 heavy (non-hydrogen) atoms. The zero-order chi connectivity index (χ0) is 16.6. The van der Waals surface area contributed by atoms with Crippen LogP contribution >= 0.6 is 50.1 Å². The first-order valence-electron chi connectivity index (χ1n) is 6.37. The van der Waals surface area contributed by atoms with E-state index in [2.05, 4.69) is 43.5 Å². The summed E-state index contributed by atoms with van der Waals surface area (Å²) in [7, 11) is 0. The third-order valence-electron chi connectivity index (χ3n) is 3.07. The van der Waals surface area contributed by atoms with Crippen molar-refractivity contribution in [2.45, 2.75) is 0 Å². The van der Waals surface area contributed by atoms with E-state index in [1.54, 1.807) is 12.1 Å². The van der Waals surface area contributed by atoms with E-state index in [0.717, 1.165) is 8.04 Å². The topological polar surface area (TPSA) is 38.7 Å². The minimum absolute atomic E-state index is 0.00155. The van der Waals surface area contributed by atoms with Crippen molar-refractivity contribution in [1.82, 2.24) is 0 Å². The summed E-state index contributed by atoms with van der Waals surface area (Å²) >= 11 is 11.5. The lowest BCUT2D eigenvalue weighted by molar-refractivity contribution is -0.129. The normalized spacial score (nSPS) is 15.7. The Kier molecular flexibility index (Phi) is 4.84. The average molecular weight is 506 g/mol. The van der Waals surface area contributed by atoms with Crippen molar-refractivity contribution in [2.24, 2.45) is 4.99 Å². The van der Waals surface area contributed by atoms with Gasteiger partial charge in [0.1, 0.15) is 5.82 Å². The zero-order valence-corrected chi connectivity index (χ0v) is 15.8. The molecule has 0 aliphatic carbocycles. The lowest BCUT2D eigenvalue weighted by atomic mass is 10.2. The van der Waals surface area contributed by atoms with Gasteiger partial charge in [0.2, 0.25) is 5.90 Å². The van der Waals surface area contributed by atoms with Gasteiger partial charge in [-0.05, 0) is 74.9 Å². The number of cyclic esters (lactones) is 1. The number of aliphatic imine (C=N–C) groups is 1. The van der Waals surface area contributed by atoms with Gasteiger partial charge in [-0.25, -0.2) is 14.2 Å². The van der Waals surface area contributed by atoms with Crippen LogP contribution in [0.2, 0.25) is 5.02 Å². The first-order chi connectivity index (χ1) is 11.0. The van der Waals surface area contributed by atoms with Gasteiger partial charge in [0.25, 0.3) is 0 Å². The molecule has 0 radical (unpaired) electrons. The SMILES string of the molecule is O=C1OC(c2ccc(I)c(Br)c2)=N/C1=C\c1c(F)cccc1Cl. The maximum absolute atomic E-state index is 13.8. The molecule has 0 unspecified atom stereocenters. The minimum atomic E-state index is -0.644. The minimum Gasteiger partial charge on any atom is -0.402 e. The van der Waals surface area contributed by atoms with Gasteiger partial charge < -0.3 is 4.74 Å². The third-order valence-corrected chi connectivity index (χ3v) is 5.74. The summed E-state index contributed by atoms with van der Waals surface area (Å²) < 4.78 is 20.9. The smallest absolute Gasteiger partial charge is 0.363 e. The number of carbonyl (C=O) groups excluding carboxylic acids is 1. The second-order valence-electron chi connectivity index (χ2n) is 4.60. The van der Waals surface area contributed by atoms with Crippen LogP contribution in [0.25, 0.3) is 6.08 Å². The van der Waals surface area contributed by atoms with Gasteiger partial charge in [-0.1, -0.05) is 17.7 Å². The number of hydrogen-bond donors (Lipinski definition) is 0. The fourth-order valence-corrected chi connectivity index (χ4v) is 2.88. The van der Waals surface area contributed by atoms with E-state index in [1.807, 2.05) is 6.07 Å². The van der Waals surface area contributed by atoms with Crippen molar-refractivity contribution in [3.8, 4) is 0 Å². The highest BCUT2D eigenvalue weighted by atomic mass is 127. The van der Waals surface area contributed by atoms with Crippen molar-refractivity contribution < 1.29 is 13.9 Å². The van der Waals surface area contributed by atoms with Gasteiger partial charge in [-0.3, -0.25) is 0 Å². The van der Waals surface area contributed by atoms with Gasteiger partial charge in [-0.15, -0.1) is 0 Å². The highest BCUT2D eigenvalue weighted by Gasteiger charge is 2.25. The van der Waals surface area contributed by atoms with Crippen molar-refractivity contribution in [3.05, 3.63) is 72.1 Å². The summed E-state index contributed by atoms with van der Waals surface area (Å²) in [5.41, 5.74) is 0.755. The summed E-state index contributed by atoms with van der Waals surface area (Å²) in [6.45, 7) is 0. The molecule has 0 fully saturated rings. The molecule has 0 saturated carbocycles. The quantitative estimate of drug-likeness (QED) is 0.320. The van der Waals surface area contributed by atoms with E-state index in [4.69, 9.17) is 16.3 Å². The molecule has 0 atom stereocenters. The Hall–Kier alpha value is -1.25. The Morgan fingerprint density at radius 3 is 2.78 bits per heavy atom. The van der Waals surface area contributed by atoms with E-state index in [-0.39, 0.29) is 22.2 Å². The van der Waals surface area contributed by atoms with Crippen molar-refractivity contribution in [3.63, 3.8) is 0 Å². The number of ether oxygens (including phenoxy) is 1. The van der Waals surface area contributed by atoms with Crippen LogP contribution in [0.15, 0.2) is 51.6 Å². The second-order valence-corrected chi connectivity index (χ2v) is 7.02. The van der Waals surface area contributed by atoms with E-state index >= 15 is 0 Å². The molecule has 1 aliphatic heterocycles. The Labute approximate surface area is 158 Å². The van der Waals surface area contributed by atoms with Crippen LogP contribution in [0.5, 0.6) is 0 Å². The molecule has 7 heteroatoms. The molecule has 3 rings (SSSR count). The van der Waals surface area contributed by atoms with E-state index in [0.29, 0.717) is 5.56 Å². The van der Waals surface area contributed by atoms with Crippen LogP contribution in [0.1, 0.15) is 11.1 Å². The first-order valence-corrected chi connectivity index (χ1v) is 8.62. The predicted octanol–water partition coefficient (Wildman–Crippen LogP) is 5.19. The molecule has 1 heterocycles. The fourth-order valence-electron chi connectivity index (χ4n) is 1.95. The van der Waals surface area contributed by atoms with Crippen LogP contribution in [0.4, 0.5) is 4.39 Å². The molecule has 0 aromatic heterocycles. The Balaban J connectivity index is 2.01. The van der Waals surface area contributed by atoms with Crippen molar-refractivity contribution >= 4 is 68.1 Å². The van der Waals surface area contributed by atoms with Crippen molar-refractivity contribution in [2.75, 3.05) is 0 Å². The van der Waals surface area contributed by atoms with Gasteiger partial charge in [0, 0.05) is 19.2 Å². The molecule has 0 saturated heterocycles. The van der Waals surface area contributed by atoms with Crippen molar-refractivity contribution in [1.29, 1.82) is 0 Å². The number of nitrogens with zero attached hydrogens (tertiary/aromatic N) is 1. The zero-order valence-electron chi connectivity index (χ0n) is 11.3. The highest BCUT2D eigenvalue weighted by molar-refractivity contribution is 14.1. The largest absolute Gasteiger partial charge is 0.402 e. The number of esters is 1.